The molecule has 1 rings (SSSR count). The summed E-state index contributed by atoms with van der Waals surface area (Å²) in [6, 6.07) is 8.37. The maximum Gasteiger partial charge on any atom is 0.133 e. The van der Waals surface area contributed by atoms with E-state index in [0.29, 0.717) is 0 Å². The zero-order valence-electron chi connectivity index (χ0n) is 7.99. The molecule has 0 aliphatic rings. The summed E-state index contributed by atoms with van der Waals surface area (Å²) >= 11 is 1.59. The zero-order valence-corrected chi connectivity index (χ0v) is 8.80. The van der Waals surface area contributed by atoms with E-state index in [1.807, 2.05) is 6.92 Å². The minimum Gasteiger partial charge on any atom is -0.302 e. The lowest BCUT2D eigenvalue weighted by Gasteiger charge is -2.04. The van der Waals surface area contributed by atoms with E-state index < -0.39 is 0 Å². The van der Waals surface area contributed by atoms with Crippen LogP contribution in [0.2, 0.25) is 0 Å². The third kappa shape index (κ3) is 3.23. The minimum absolute atomic E-state index is 0.0486. The summed E-state index contributed by atoms with van der Waals surface area (Å²) in [7, 11) is 0. The van der Waals surface area contributed by atoms with Crippen molar-refractivity contribution < 1.29 is 4.79 Å². The van der Waals surface area contributed by atoms with E-state index in [1.165, 1.54) is 5.56 Å². The predicted molar refractivity (Wildman–Crippen MR) is 57.2 cm³/mol. The highest BCUT2D eigenvalue weighted by Crippen LogP contribution is 2.22. The van der Waals surface area contributed by atoms with Gasteiger partial charge < -0.3 is 4.79 Å². The molecule has 0 aliphatic heterocycles. The van der Waals surface area contributed by atoms with Crippen molar-refractivity contribution in [2.75, 3.05) is 0 Å². The molecule has 1 unspecified atom stereocenters. The van der Waals surface area contributed by atoms with E-state index in [-0.39, 0.29) is 5.25 Å². The van der Waals surface area contributed by atoms with E-state index in [2.05, 4.69) is 31.2 Å². The van der Waals surface area contributed by atoms with Crippen LogP contribution in [-0.4, -0.2) is 11.5 Å². The Morgan fingerprint density at radius 3 is 2.46 bits per heavy atom. The third-order valence-electron chi connectivity index (χ3n) is 1.85. The lowest BCUT2D eigenvalue weighted by Crippen LogP contribution is -1.95. The second-order valence-corrected chi connectivity index (χ2v) is 4.41. The molecule has 0 amide bonds. The lowest BCUT2D eigenvalue weighted by molar-refractivity contribution is -0.107. The highest BCUT2D eigenvalue weighted by Gasteiger charge is 2.01. The van der Waals surface area contributed by atoms with Gasteiger partial charge in [0.2, 0.25) is 0 Å². The first-order valence-electron chi connectivity index (χ1n) is 4.47. The molecule has 0 spiro atoms. The van der Waals surface area contributed by atoms with Crippen LogP contribution in [0.25, 0.3) is 0 Å². The molecule has 13 heavy (non-hydrogen) atoms. The highest BCUT2D eigenvalue weighted by atomic mass is 32.2. The molecule has 1 nitrogen and oxygen atoms in total. The van der Waals surface area contributed by atoms with Crippen molar-refractivity contribution in [2.45, 2.75) is 30.4 Å². The van der Waals surface area contributed by atoms with Crippen LogP contribution in [0.4, 0.5) is 0 Å². The number of hydrogen-bond acceptors (Lipinski definition) is 2. The molecule has 0 aliphatic carbocycles. The van der Waals surface area contributed by atoms with Crippen molar-refractivity contribution in [1.29, 1.82) is 0 Å². The normalized spacial score (nSPS) is 12.5. The summed E-state index contributed by atoms with van der Waals surface area (Å²) in [5.41, 5.74) is 1.34. The lowest BCUT2D eigenvalue weighted by atomic mass is 10.2. The SMILES string of the molecule is CCc1ccc(SC(C)C=O)cc1. The largest absolute Gasteiger partial charge is 0.302 e. The topological polar surface area (TPSA) is 17.1 Å². The number of rotatable bonds is 4. The van der Waals surface area contributed by atoms with Crippen molar-refractivity contribution in [3.05, 3.63) is 29.8 Å². The van der Waals surface area contributed by atoms with Crippen LogP contribution in [0, 0.1) is 0 Å². The van der Waals surface area contributed by atoms with Gasteiger partial charge >= 0.3 is 0 Å². The van der Waals surface area contributed by atoms with Gasteiger partial charge in [0.25, 0.3) is 0 Å². The fourth-order valence-corrected chi connectivity index (χ4v) is 1.82. The molecular weight excluding hydrogens is 180 g/mol. The molecule has 0 N–H and O–H groups in total. The van der Waals surface area contributed by atoms with Gasteiger partial charge in [0, 0.05) is 4.90 Å². The minimum atomic E-state index is 0.0486. The van der Waals surface area contributed by atoms with Crippen LogP contribution in [0.1, 0.15) is 19.4 Å². The van der Waals surface area contributed by atoms with Gasteiger partial charge in [-0.15, -0.1) is 11.8 Å². The molecular formula is C11H14OS. The van der Waals surface area contributed by atoms with E-state index in [0.717, 1.165) is 17.6 Å². The number of benzene rings is 1. The molecule has 1 atom stereocenters. The molecule has 1 aromatic carbocycles. The molecule has 70 valence electrons. The fraction of sp³-hybridized carbons (Fsp3) is 0.364. The zero-order chi connectivity index (χ0) is 9.68. The fourth-order valence-electron chi connectivity index (χ4n) is 1.05. The Bertz CT molecular complexity index is 266. The Morgan fingerprint density at radius 1 is 1.38 bits per heavy atom. The second-order valence-electron chi connectivity index (χ2n) is 2.96. The number of carbonyl (C=O) groups excluding carboxylic acids is 1. The first kappa shape index (κ1) is 10.3. The third-order valence-corrected chi connectivity index (χ3v) is 2.87. The number of aryl methyl sites for hydroxylation is 1. The second kappa shape index (κ2) is 5.07. The van der Waals surface area contributed by atoms with Gasteiger partial charge in [0.15, 0.2) is 0 Å². The molecule has 0 saturated carbocycles. The Hall–Kier alpha value is -0.760. The summed E-state index contributed by atoms with van der Waals surface area (Å²) in [5, 5.41) is 0.0486. The number of carbonyl (C=O) groups is 1. The number of thioether (sulfide) groups is 1. The molecule has 0 bridgehead atoms. The predicted octanol–water partition coefficient (Wildman–Crippen LogP) is 2.93. The van der Waals surface area contributed by atoms with E-state index >= 15 is 0 Å². The van der Waals surface area contributed by atoms with Gasteiger partial charge in [0.05, 0.1) is 5.25 Å². The molecule has 2 heteroatoms. The van der Waals surface area contributed by atoms with E-state index in [9.17, 15) is 4.79 Å². The van der Waals surface area contributed by atoms with Crippen molar-refractivity contribution in [3.63, 3.8) is 0 Å². The van der Waals surface area contributed by atoms with E-state index in [4.69, 9.17) is 0 Å². The van der Waals surface area contributed by atoms with Gasteiger partial charge in [0.1, 0.15) is 6.29 Å². The average molecular weight is 194 g/mol. The van der Waals surface area contributed by atoms with Crippen molar-refractivity contribution in [2.24, 2.45) is 0 Å². The van der Waals surface area contributed by atoms with Gasteiger partial charge in [-0.3, -0.25) is 0 Å². The Balaban J connectivity index is 2.63. The summed E-state index contributed by atoms with van der Waals surface area (Å²) in [4.78, 5) is 11.6. The Morgan fingerprint density at radius 2 is 2.00 bits per heavy atom. The van der Waals surface area contributed by atoms with Gasteiger partial charge in [-0.05, 0) is 31.0 Å². The van der Waals surface area contributed by atoms with Gasteiger partial charge in [-0.2, -0.15) is 0 Å². The van der Waals surface area contributed by atoms with Crippen LogP contribution < -0.4 is 0 Å². The number of aldehydes is 1. The molecule has 0 fully saturated rings. The molecule has 0 radical (unpaired) electrons. The van der Waals surface area contributed by atoms with Gasteiger partial charge in [-0.25, -0.2) is 0 Å². The maximum absolute atomic E-state index is 10.4. The first-order valence-corrected chi connectivity index (χ1v) is 5.35. The summed E-state index contributed by atoms with van der Waals surface area (Å²) in [5.74, 6) is 0. The van der Waals surface area contributed by atoms with E-state index in [1.54, 1.807) is 11.8 Å². The molecule has 1 aromatic rings. The summed E-state index contributed by atoms with van der Waals surface area (Å²) in [6.45, 7) is 4.04. The van der Waals surface area contributed by atoms with Gasteiger partial charge in [-0.1, -0.05) is 19.1 Å². The molecule has 0 heterocycles. The maximum atomic E-state index is 10.4. The van der Waals surface area contributed by atoms with Crippen molar-refractivity contribution >= 4 is 18.0 Å². The van der Waals surface area contributed by atoms with Crippen molar-refractivity contribution in [3.8, 4) is 0 Å². The van der Waals surface area contributed by atoms with Crippen molar-refractivity contribution in [1.82, 2.24) is 0 Å². The van der Waals surface area contributed by atoms with Crippen LogP contribution in [0.15, 0.2) is 29.2 Å². The smallest absolute Gasteiger partial charge is 0.133 e. The summed E-state index contributed by atoms with van der Waals surface area (Å²) < 4.78 is 0. The van der Waals surface area contributed by atoms with Crippen LogP contribution in [0.5, 0.6) is 0 Å². The average Bonchev–Trinajstić information content (AvgIpc) is 2.19. The molecule has 0 saturated heterocycles. The molecule has 0 aromatic heterocycles. The Kier molecular flexibility index (Phi) is 4.03. The Labute approximate surface area is 83.5 Å². The first-order chi connectivity index (χ1) is 6.26. The quantitative estimate of drug-likeness (QED) is 0.541. The van der Waals surface area contributed by atoms with Crippen LogP contribution in [-0.2, 0) is 11.2 Å². The highest BCUT2D eigenvalue weighted by molar-refractivity contribution is 8.00. The summed E-state index contributed by atoms with van der Waals surface area (Å²) in [6.07, 6.45) is 2.03. The standard InChI is InChI=1S/C11H14OS/c1-3-10-4-6-11(7-5-10)13-9(2)8-12/h4-9H,3H2,1-2H3. The van der Waals surface area contributed by atoms with Crippen LogP contribution >= 0.6 is 11.8 Å². The monoisotopic (exact) mass is 194 g/mol. The van der Waals surface area contributed by atoms with Crippen LogP contribution in [0.3, 0.4) is 0 Å². The number of hydrogen-bond donors (Lipinski definition) is 0.